The minimum absolute atomic E-state index is 0.144. The fraction of sp³-hybridized carbons (Fsp3) is 0.450. The second kappa shape index (κ2) is 7.21. The van der Waals surface area contributed by atoms with Crippen LogP contribution in [-0.4, -0.2) is 47.0 Å². The van der Waals surface area contributed by atoms with Crippen molar-refractivity contribution in [1.29, 1.82) is 0 Å². The van der Waals surface area contributed by atoms with Crippen molar-refractivity contribution in [2.45, 2.75) is 31.6 Å². The molecule has 130 valence electrons. The molecule has 0 bridgehead atoms. The third kappa shape index (κ3) is 3.50. The molecule has 0 unspecified atom stereocenters. The first kappa shape index (κ1) is 16.1. The van der Waals surface area contributed by atoms with E-state index in [2.05, 4.69) is 27.0 Å². The summed E-state index contributed by atoms with van der Waals surface area (Å²) >= 11 is 0. The Kier molecular flexibility index (Phi) is 4.63. The number of likely N-dealkylation sites (tertiary alicyclic amines) is 1. The Bertz CT molecular complexity index is 702. The monoisotopic (exact) mass is 336 g/mol. The number of benzene rings is 1. The second-order valence-electron chi connectivity index (χ2n) is 6.94. The van der Waals surface area contributed by atoms with Crippen LogP contribution in [0.4, 0.5) is 5.69 Å². The third-order valence-corrected chi connectivity index (χ3v) is 5.37. The van der Waals surface area contributed by atoms with E-state index in [-0.39, 0.29) is 5.91 Å². The van der Waals surface area contributed by atoms with E-state index >= 15 is 0 Å². The molecule has 2 aliphatic heterocycles. The molecule has 0 N–H and O–H groups in total. The fourth-order valence-corrected chi connectivity index (χ4v) is 3.87. The molecule has 1 aromatic heterocycles. The van der Waals surface area contributed by atoms with Crippen molar-refractivity contribution < 1.29 is 4.79 Å². The maximum absolute atomic E-state index is 12.8. The Hall–Kier alpha value is -2.43. The third-order valence-electron chi connectivity index (χ3n) is 5.37. The van der Waals surface area contributed by atoms with E-state index in [4.69, 9.17) is 0 Å². The SMILES string of the molecule is O=C(c1ccc(N2CCCC2)cc1)N1CCC(c2cnccn2)CC1. The maximum Gasteiger partial charge on any atom is 0.253 e. The molecule has 0 atom stereocenters. The van der Waals surface area contributed by atoms with Crippen molar-refractivity contribution >= 4 is 11.6 Å². The zero-order valence-electron chi connectivity index (χ0n) is 14.5. The summed E-state index contributed by atoms with van der Waals surface area (Å²) in [5, 5.41) is 0. The number of piperidine rings is 1. The van der Waals surface area contributed by atoms with Gasteiger partial charge in [-0.2, -0.15) is 0 Å². The summed E-state index contributed by atoms with van der Waals surface area (Å²) in [6.45, 7) is 3.83. The van der Waals surface area contributed by atoms with Gasteiger partial charge >= 0.3 is 0 Å². The normalized spacial score (nSPS) is 18.6. The van der Waals surface area contributed by atoms with Crippen molar-refractivity contribution in [1.82, 2.24) is 14.9 Å². The van der Waals surface area contributed by atoms with Crippen molar-refractivity contribution in [2.24, 2.45) is 0 Å². The molecule has 3 heterocycles. The number of hydrogen-bond acceptors (Lipinski definition) is 4. The van der Waals surface area contributed by atoms with Crippen LogP contribution >= 0.6 is 0 Å². The predicted octanol–water partition coefficient (Wildman–Crippen LogP) is 3.10. The van der Waals surface area contributed by atoms with Gasteiger partial charge < -0.3 is 9.80 Å². The largest absolute Gasteiger partial charge is 0.372 e. The predicted molar refractivity (Wildman–Crippen MR) is 97.8 cm³/mol. The molecule has 2 saturated heterocycles. The van der Waals surface area contributed by atoms with Gasteiger partial charge in [-0.25, -0.2) is 0 Å². The van der Waals surface area contributed by atoms with Gasteiger partial charge in [0.05, 0.1) is 5.69 Å². The van der Waals surface area contributed by atoms with E-state index in [0.717, 1.165) is 50.3 Å². The Labute approximate surface area is 148 Å². The van der Waals surface area contributed by atoms with Gasteiger partial charge in [-0.3, -0.25) is 14.8 Å². The molecule has 25 heavy (non-hydrogen) atoms. The zero-order valence-corrected chi connectivity index (χ0v) is 14.5. The van der Waals surface area contributed by atoms with Crippen LogP contribution in [0.3, 0.4) is 0 Å². The Morgan fingerprint density at radius 2 is 1.68 bits per heavy atom. The molecule has 4 rings (SSSR count). The van der Waals surface area contributed by atoms with Crippen LogP contribution in [0.15, 0.2) is 42.9 Å². The summed E-state index contributed by atoms with van der Waals surface area (Å²) in [5.74, 6) is 0.556. The Morgan fingerprint density at radius 3 is 2.32 bits per heavy atom. The van der Waals surface area contributed by atoms with E-state index in [0.29, 0.717) is 5.92 Å². The molecule has 0 aliphatic carbocycles. The Balaban J connectivity index is 1.37. The number of nitrogens with zero attached hydrogens (tertiary/aromatic N) is 4. The van der Waals surface area contributed by atoms with Crippen molar-refractivity contribution in [3.63, 3.8) is 0 Å². The van der Waals surface area contributed by atoms with Crippen molar-refractivity contribution in [2.75, 3.05) is 31.1 Å². The van der Waals surface area contributed by atoms with Crippen LogP contribution in [0.1, 0.15) is 47.7 Å². The summed E-state index contributed by atoms with van der Waals surface area (Å²) in [4.78, 5) is 25.7. The number of carbonyl (C=O) groups excluding carboxylic acids is 1. The summed E-state index contributed by atoms with van der Waals surface area (Å²) in [5.41, 5.74) is 3.07. The van der Waals surface area contributed by atoms with Gasteiger partial charge in [-0.05, 0) is 49.9 Å². The highest BCUT2D eigenvalue weighted by Crippen LogP contribution is 2.27. The van der Waals surface area contributed by atoms with Gasteiger partial charge in [0, 0.05) is 61.9 Å². The highest BCUT2D eigenvalue weighted by Gasteiger charge is 2.25. The van der Waals surface area contributed by atoms with Crippen LogP contribution in [0.5, 0.6) is 0 Å². The topological polar surface area (TPSA) is 49.3 Å². The molecule has 1 aromatic carbocycles. The lowest BCUT2D eigenvalue weighted by Crippen LogP contribution is -2.38. The van der Waals surface area contributed by atoms with E-state index in [1.54, 1.807) is 12.4 Å². The first-order valence-electron chi connectivity index (χ1n) is 9.21. The molecule has 5 nitrogen and oxygen atoms in total. The Morgan fingerprint density at radius 1 is 0.960 bits per heavy atom. The fourth-order valence-electron chi connectivity index (χ4n) is 3.87. The number of amides is 1. The van der Waals surface area contributed by atoms with Crippen LogP contribution in [0.2, 0.25) is 0 Å². The first-order valence-corrected chi connectivity index (χ1v) is 9.21. The summed E-state index contributed by atoms with van der Waals surface area (Å²) < 4.78 is 0. The van der Waals surface area contributed by atoms with Gasteiger partial charge in [0.2, 0.25) is 0 Å². The van der Waals surface area contributed by atoms with Crippen LogP contribution in [-0.2, 0) is 0 Å². The molecule has 0 spiro atoms. The lowest BCUT2D eigenvalue weighted by molar-refractivity contribution is 0.0712. The van der Waals surface area contributed by atoms with Crippen LogP contribution < -0.4 is 4.90 Å². The number of aromatic nitrogens is 2. The average Bonchev–Trinajstić information content (AvgIpc) is 3.23. The molecular formula is C20H24N4O. The van der Waals surface area contributed by atoms with Gasteiger partial charge in [-0.1, -0.05) is 0 Å². The lowest BCUT2D eigenvalue weighted by atomic mass is 9.93. The van der Waals surface area contributed by atoms with E-state index in [1.807, 2.05) is 23.2 Å². The van der Waals surface area contributed by atoms with Gasteiger partial charge in [0.1, 0.15) is 0 Å². The van der Waals surface area contributed by atoms with E-state index < -0.39 is 0 Å². The molecule has 2 fully saturated rings. The number of carbonyl (C=O) groups is 1. The average molecular weight is 336 g/mol. The lowest BCUT2D eigenvalue weighted by Gasteiger charge is -2.31. The maximum atomic E-state index is 12.8. The molecule has 2 aliphatic rings. The number of anilines is 1. The number of hydrogen-bond donors (Lipinski definition) is 0. The molecule has 1 amide bonds. The van der Waals surface area contributed by atoms with Gasteiger partial charge in [0.15, 0.2) is 0 Å². The minimum atomic E-state index is 0.144. The van der Waals surface area contributed by atoms with Crippen molar-refractivity contribution in [3.05, 3.63) is 54.1 Å². The van der Waals surface area contributed by atoms with Crippen LogP contribution in [0.25, 0.3) is 0 Å². The summed E-state index contributed by atoms with van der Waals surface area (Å²) in [7, 11) is 0. The molecular weight excluding hydrogens is 312 g/mol. The minimum Gasteiger partial charge on any atom is -0.372 e. The van der Waals surface area contributed by atoms with Gasteiger partial charge in [0.25, 0.3) is 5.91 Å². The quantitative estimate of drug-likeness (QED) is 0.864. The van der Waals surface area contributed by atoms with Gasteiger partial charge in [-0.15, -0.1) is 0 Å². The smallest absolute Gasteiger partial charge is 0.253 e. The highest BCUT2D eigenvalue weighted by atomic mass is 16.2. The zero-order chi connectivity index (χ0) is 17.1. The van der Waals surface area contributed by atoms with Crippen LogP contribution in [0, 0.1) is 0 Å². The highest BCUT2D eigenvalue weighted by molar-refractivity contribution is 5.94. The summed E-state index contributed by atoms with van der Waals surface area (Å²) in [6, 6.07) is 8.13. The standard InChI is InChI=1S/C20H24N4O/c25-20(17-3-5-18(6-4-17)23-11-1-2-12-23)24-13-7-16(8-14-24)19-15-21-9-10-22-19/h3-6,9-10,15-16H,1-2,7-8,11-14H2. The number of rotatable bonds is 3. The molecule has 0 radical (unpaired) electrons. The molecule has 5 heteroatoms. The van der Waals surface area contributed by atoms with Crippen molar-refractivity contribution in [3.8, 4) is 0 Å². The van der Waals surface area contributed by atoms with E-state index in [9.17, 15) is 4.79 Å². The summed E-state index contributed by atoms with van der Waals surface area (Å²) in [6.07, 6.45) is 9.73. The molecule has 2 aromatic rings. The molecule has 0 saturated carbocycles. The second-order valence-corrected chi connectivity index (χ2v) is 6.94. The first-order chi connectivity index (χ1) is 12.3. The van der Waals surface area contributed by atoms with E-state index in [1.165, 1.54) is 18.5 Å².